The van der Waals surface area contributed by atoms with E-state index in [4.69, 9.17) is 10.5 Å². The van der Waals surface area contributed by atoms with Crippen LogP contribution in [0, 0.1) is 5.82 Å². The Morgan fingerprint density at radius 3 is 2.69 bits per heavy atom. The van der Waals surface area contributed by atoms with E-state index in [1.54, 1.807) is 26.2 Å². The lowest BCUT2D eigenvalue weighted by Gasteiger charge is -2.19. The normalized spacial score (nSPS) is 11.7. The van der Waals surface area contributed by atoms with Crippen molar-refractivity contribution in [2.75, 3.05) is 0 Å². The Hall–Kier alpha value is -2.58. The number of nitrogens with zero attached hydrogens (tertiary/aromatic N) is 2. The lowest BCUT2D eigenvalue weighted by atomic mass is 10.1. The van der Waals surface area contributed by atoms with Gasteiger partial charge in [0, 0.05) is 23.5 Å². The second-order valence-corrected chi connectivity index (χ2v) is 7.59. The number of halogens is 1. The maximum atomic E-state index is 13.7. The summed E-state index contributed by atoms with van der Waals surface area (Å²) in [6, 6.07) is 3.91. The number of nitrogens with two attached hydrogens (primary N) is 1. The van der Waals surface area contributed by atoms with E-state index >= 15 is 0 Å². The van der Waals surface area contributed by atoms with Gasteiger partial charge in [-0.05, 0) is 39.0 Å². The molecule has 2 aromatic heterocycles. The topological polar surface area (TPSA) is 87.2 Å². The van der Waals surface area contributed by atoms with E-state index < -0.39 is 17.5 Å². The van der Waals surface area contributed by atoms with Gasteiger partial charge in [-0.15, -0.1) is 11.3 Å². The van der Waals surface area contributed by atoms with E-state index in [-0.39, 0.29) is 28.4 Å². The molecule has 0 amide bonds. The van der Waals surface area contributed by atoms with Gasteiger partial charge < -0.3 is 10.5 Å². The largest absolute Gasteiger partial charge is 0.443 e. The van der Waals surface area contributed by atoms with Gasteiger partial charge in [0.05, 0.1) is 16.8 Å². The standard InChI is InChI=1S/C18H18FN3O3S/c1-18(2,3)25-17(24)22-8-13(12-5-4-10(19)6-14(12)22)15(23)16-21-11(7-20)9-26-16/h4-6,8-9H,7,20H2,1-3H3. The fraction of sp³-hybridized carbons (Fsp3) is 0.278. The predicted octanol–water partition coefficient (Wildman–Crippen LogP) is 3.71. The van der Waals surface area contributed by atoms with E-state index in [9.17, 15) is 14.0 Å². The van der Waals surface area contributed by atoms with E-state index in [0.717, 1.165) is 4.57 Å². The molecule has 2 N–H and O–H groups in total. The molecule has 0 aliphatic rings. The molecule has 26 heavy (non-hydrogen) atoms. The van der Waals surface area contributed by atoms with Gasteiger partial charge in [-0.25, -0.2) is 14.2 Å². The van der Waals surface area contributed by atoms with Crippen molar-refractivity contribution in [2.24, 2.45) is 5.73 Å². The minimum Gasteiger partial charge on any atom is -0.443 e. The van der Waals surface area contributed by atoms with Crippen molar-refractivity contribution in [2.45, 2.75) is 32.9 Å². The number of ketones is 1. The number of carbonyl (C=O) groups excluding carboxylic acids is 2. The predicted molar refractivity (Wildman–Crippen MR) is 97.0 cm³/mol. The summed E-state index contributed by atoms with van der Waals surface area (Å²) < 4.78 is 20.2. The first-order valence-electron chi connectivity index (χ1n) is 7.93. The summed E-state index contributed by atoms with van der Waals surface area (Å²) in [7, 11) is 0. The molecule has 6 nitrogen and oxygen atoms in total. The molecule has 0 aliphatic carbocycles. The zero-order chi connectivity index (χ0) is 19.1. The molecule has 136 valence electrons. The number of thiazole rings is 1. The maximum absolute atomic E-state index is 13.7. The summed E-state index contributed by atoms with van der Waals surface area (Å²) in [6.07, 6.45) is 0.679. The van der Waals surface area contributed by atoms with Crippen molar-refractivity contribution >= 4 is 34.1 Å². The van der Waals surface area contributed by atoms with Crippen LogP contribution < -0.4 is 5.73 Å². The number of ether oxygens (including phenoxy) is 1. The van der Waals surface area contributed by atoms with Gasteiger partial charge in [0.1, 0.15) is 11.4 Å². The molecule has 0 radical (unpaired) electrons. The number of hydrogen-bond acceptors (Lipinski definition) is 6. The highest BCUT2D eigenvalue weighted by molar-refractivity contribution is 7.12. The number of benzene rings is 1. The van der Waals surface area contributed by atoms with E-state index in [2.05, 4.69) is 4.98 Å². The summed E-state index contributed by atoms with van der Waals surface area (Å²) in [4.78, 5) is 29.5. The van der Waals surface area contributed by atoms with Crippen LogP contribution in [-0.2, 0) is 11.3 Å². The Kier molecular flexibility index (Phi) is 4.64. The van der Waals surface area contributed by atoms with Crippen LogP contribution in [0.3, 0.4) is 0 Å². The Morgan fingerprint density at radius 1 is 1.35 bits per heavy atom. The van der Waals surface area contributed by atoms with E-state index in [0.29, 0.717) is 11.1 Å². The summed E-state index contributed by atoms with van der Waals surface area (Å²) in [5, 5.41) is 2.42. The highest BCUT2D eigenvalue weighted by Gasteiger charge is 2.25. The Labute approximate surface area is 153 Å². The average molecular weight is 375 g/mol. The molecular weight excluding hydrogens is 357 g/mol. The molecule has 3 aromatic rings. The Balaban J connectivity index is 2.11. The lowest BCUT2D eigenvalue weighted by Crippen LogP contribution is -2.26. The molecular formula is C18H18FN3O3S. The third-order valence-electron chi connectivity index (χ3n) is 3.56. The van der Waals surface area contributed by atoms with Crippen LogP contribution in [0.4, 0.5) is 9.18 Å². The van der Waals surface area contributed by atoms with Crippen molar-refractivity contribution in [3.8, 4) is 0 Å². The molecule has 0 saturated heterocycles. The number of aromatic nitrogens is 2. The fourth-order valence-corrected chi connectivity index (χ4v) is 3.25. The van der Waals surface area contributed by atoms with E-state index in [1.165, 1.54) is 35.7 Å². The van der Waals surface area contributed by atoms with E-state index in [1.807, 2.05) is 0 Å². The molecule has 0 bridgehead atoms. The van der Waals surface area contributed by atoms with Gasteiger partial charge in [0.15, 0.2) is 5.01 Å². The lowest BCUT2D eigenvalue weighted by molar-refractivity contribution is 0.0544. The summed E-state index contributed by atoms with van der Waals surface area (Å²) in [5.74, 6) is -0.868. The highest BCUT2D eigenvalue weighted by atomic mass is 32.1. The SMILES string of the molecule is CC(C)(C)OC(=O)n1cc(C(=O)c2nc(CN)cs2)c2ccc(F)cc21. The minimum absolute atomic E-state index is 0.231. The van der Waals surface area contributed by atoms with Crippen LogP contribution in [0.2, 0.25) is 0 Å². The van der Waals surface area contributed by atoms with Crippen molar-refractivity contribution in [1.82, 2.24) is 9.55 Å². The zero-order valence-electron chi connectivity index (χ0n) is 14.6. The van der Waals surface area contributed by atoms with Crippen LogP contribution in [0.15, 0.2) is 29.8 Å². The first kappa shape index (κ1) is 18.2. The van der Waals surface area contributed by atoms with Gasteiger partial charge in [-0.2, -0.15) is 0 Å². The number of rotatable bonds is 3. The number of carbonyl (C=O) groups is 2. The molecule has 2 heterocycles. The van der Waals surface area contributed by atoms with Crippen LogP contribution in [0.25, 0.3) is 10.9 Å². The average Bonchev–Trinajstić information content (AvgIpc) is 3.17. The second-order valence-electron chi connectivity index (χ2n) is 6.73. The van der Waals surface area contributed by atoms with Crippen molar-refractivity contribution in [3.63, 3.8) is 0 Å². The quantitative estimate of drug-likeness (QED) is 0.705. The molecule has 0 spiro atoms. The smallest absolute Gasteiger partial charge is 0.419 e. The van der Waals surface area contributed by atoms with Gasteiger partial charge in [-0.1, -0.05) is 0 Å². The minimum atomic E-state index is -0.726. The van der Waals surface area contributed by atoms with Crippen molar-refractivity contribution in [3.05, 3.63) is 51.9 Å². The molecule has 3 rings (SSSR count). The molecule has 8 heteroatoms. The van der Waals surface area contributed by atoms with Gasteiger partial charge in [0.25, 0.3) is 0 Å². The zero-order valence-corrected chi connectivity index (χ0v) is 15.4. The maximum Gasteiger partial charge on any atom is 0.419 e. The highest BCUT2D eigenvalue weighted by Crippen LogP contribution is 2.27. The summed E-state index contributed by atoms with van der Waals surface area (Å²) >= 11 is 1.18. The van der Waals surface area contributed by atoms with Crippen LogP contribution in [-0.4, -0.2) is 27.0 Å². The van der Waals surface area contributed by atoms with Crippen molar-refractivity contribution in [1.29, 1.82) is 0 Å². The number of hydrogen-bond donors (Lipinski definition) is 1. The number of fused-ring (bicyclic) bond motifs is 1. The third-order valence-corrected chi connectivity index (χ3v) is 4.45. The first-order chi connectivity index (χ1) is 12.2. The molecule has 0 saturated carbocycles. The molecule has 1 aromatic carbocycles. The van der Waals surface area contributed by atoms with Gasteiger partial charge in [0.2, 0.25) is 5.78 Å². The van der Waals surface area contributed by atoms with Gasteiger partial charge >= 0.3 is 6.09 Å². The molecule has 0 fully saturated rings. The molecule has 0 atom stereocenters. The Bertz CT molecular complexity index is 1000. The third kappa shape index (κ3) is 3.51. The monoisotopic (exact) mass is 375 g/mol. The van der Waals surface area contributed by atoms with Gasteiger partial charge in [-0.3, -0.25) is 9.36 Å². The summed E-state index contributed by atoms with van der Waals surface area (Å²) in [5.41, 5.74) is 5.94. The van der Waals surface area contributed by atoms with Crippen LogP contribution in [0.5, 0.6) is 0 Å². The molecule has 0 aliphatic heterocycles. The van der Waals surface area contributed by atoms with Crippen LogP contribution >= 0.6 is 11.3 Å². The second kappa shape index (κ2) is 6.62. The Morgan fingerprint density at radius 2 is 2.08 bits per heavy atom. The van der Waals surface area contributed by atoms with Crippen molar-refractivity contribution < 1.29 is 18.7 Å². The van der Waals surface area contributed by atoms with Crippen LogP contribution in [0.1, 0.15) is 41.8 Å². The fourth-order valence-electron chi connectivity index (χ4n) is 2.46. The summed E-state index contributed by atoms with van der Waals surface area (Å²) in [6.45, 7) is 5.42. The first-order valence-corrected chi connectivity index (χ1v) is 8.80. The molecule has 0 unspecified atom stereocenters.